The molecule has 1 aromatic heterocycles. The number of hydrogen-bond acceptors (Lipinski definition) is 2. The Morgan fingerprint density at radius 2 is 1.82 bits per heavy atom. The number of hydrogen-bond donors (Lipinski definition) is 0. The Bertz CT molecular complexity index is 373. The largest absolute Gasteiger partial charge is 0.312 e. The molecule has 2 aliphatic rings. The van der Waals surface area contributed by atoms with Crippen molar-refractivity contribution in [1.82, 2.24) is 14.8 Å². The maximum absolute atomic E-state index is 4.48. The van der Waals surface area contributed by atoms with Crippen LogP contribution >= 0.6 is 0 Å². The van der Waals surface area contributed by atoms with Gasteiger partial charge in [0.15, 0.2) is 0 Å². The van der Waals surface area contributed by atoms with Gasteiger partial charge in [-0.15, -0.1) is 10.2 Å². The van der Waals surface area contributed by atoms with Crippen molar-refractivity contribution in [3.8, 4) is 0 Å². The van der Waals surface area contributed by atoms with Gasteiger partial charge < -0.3 is 4.57 Å². The van der Waals surface area contributed by atoms with Gasteiger partial charge in [-0.3, -0.25) is 0 Å². The van der Waals surface area contributed by atoms with E-state index in [9.17, 15) is 0 Å². The van der Waals surface area contributed by atoms with Crippen molar-refractivity contribution in [1.29, 1.82) is 0 Å². The summed E-state index contributed by atoms with van der Waals surface area (Å²) in [5, 5.41) is 8.94. The Labute approximate surface area is 104 Å². The van der Waals surface area contributed by atoms with E-state index in [1.165, 1.54) is 63.0 Å². The van der Waals surface area contributed by atoms with Gasteiger partial charge in [0, 0.05) is 18.4 Å². The molecule has 3 rings (SSSR count). The minimum absolute atomic E-state index is 0.705. The molecule has 0 aliphatic heterocycles. The van der Waals surface area contributed by atoms with Crippen LogP contribution in [0, 0.1) is 0 Å². The van der Waals surface area contributed by atoms with E-state index < -0.39 is 0 Å². The first kappa shape index (κ1) is 11.2. The molecule has 3 heteroatoms. The Kier molecular flexibility index (Phi) is 3.17. The lowest BCUT2D eigenvalue weighted by molar-refractivity contribution is 0.337. The standard InChI is InChI=1S/C14H23N3/c1-2-6-13-15-16-14(11-9-10-11)17(13)12-7-4-3-5-8-12/h11-12H,2-10H2,1H3. The van der Waals surface area contributed by atoms with Crippen molar-refractivity contribution in [3.63, 3.8) is 0 Å². The maximum atomic E-state index is 4.48. The Hall–Kier alpha value is -0.860. The summed E-state index contributed by atoms with van der Waals surface area (Å²) in [6.45, 7) is 2.23. The predicted octanol–water partition coefficient (Wildman–Crippen LogP) is 3.61. The van der Waals surface area contributed by atoms with Crippen LogP contribution in [0.2, 0.25) is 0 Å². The number of aromatic nitrogens is 3. The van der Waals surface area contributed by atoms with Crippen molar-refractivity contribution < 1.29 is 0 Å². The van der Waals surface area contributed by atoms with Gasteiger partial charge in [-0.05, 0) is 32.1 Å². The molecule has 0 N–H and O–H groups in total. The van der Waals surface area contributed by atoms with Crippen LogP contribution in [0.25, 0.3) is 0 Å². The summed E-state index contributed by atoms with van der Waals surface area (Å²) in [5.41, 5.74) is 0. The monoisotopic (exact) mass is 233 g/mol. The molecule has 94 valence electrons. The van der Waals surface area contributed by atoms with Crippen molar-refractivity contribution in [2.75, 3.05) is 0 Å². The average Bonchev–Trinajstić information content (AvgIpc) is 3.13. The molecule has 1 aromatic rings. The van der Waals surface area contributed by atoms with Crippen LogP contribution in [0.3, 0.4) is 0 Å². The zero-order valence-electron chi connectivity index (χ0n) is 10.9. The van der Waals surface area contributed by atoms with Gasteiger partial charge in [0.25, 0.3) is 0 Å². The molecule has 0 aromatic carbocycles. The first-order chi connectivity index (χ1) is 8.40. The second kappa shape index (κ2) is 4.79. The lowest BCUT2D eigenvalue weighted by Crippen LogP contribution is -2.17. The summed E-state index contributed by atoms with van der Waals surface area (Å²) in [4.78, 5) is 0. The lowest BCUT2D eigenvalue weighted by atomic mass is 9.95. The third-order valence-corrected chi connectivity index (χ3v) is 4.15. The molecule has 0 unspecified atom stereocenters. The fraction of sp³-hybridized carbons (Fsp3) is 0.857. The normalized spacial score (nSPS) is 21.9. The van der Waals surface area contributed by atoms with Crippen molar-refractivity contribution in [2.24, 2.45) is 0 Å². The zero-order valence-corrected chi connectivity index (χ0v) is 10.9. The highest BCUT2D eigenvalue weighted by atomic mass is 15.3. The molecule has 0 atom stereocenters. The van der Waals surface area contributed by atoms with E-state index in [0.717, 1.165) is 12.3 Å². The SMILES string of the molecule is CCCc1nnc(C2CC2)n1C1CCCCC1. The fourth-order valence-electron chi connectivity index (χ4n) is 3.09. The van der Waals surface area contributed by atoms with E-state index in [-0.39, 0.29) is 0 Å². The highest BCUT2D eigenvalue weighted by Crippen LogP contribution is 2.42. The Morgan fingerprint density at radius 3 is 2.47 bits per heavy atom. The molecule has 0 amide bonds. The first-order valence-corrected chi connectivity index (χ1v) is 7.33. The molecule has 1 heterocycles. The predicted molar refractivity (Wildman–Crippen MR) is 68.1 cm³/mol. The van der Waals surface area contributed by atoms with E-state index in [4.69, 9.17) is 0 Å². The maximum Gasteiger partial charge on any atom is 0.136 e. The molecule has 2 saturated carbocycles. The van der Waals surface area contributed by atoms with Crippen LogP contribution in [0.15, 0.2) is 0 Å². The summed E-state index contributed by atoms with van der Waals surface area (Å²) in [7, 11) is 0. The van der Waals surface area contributed by atoms with E-state index in [2.05, 4.69) is 21.7 Å². The number of aryl methyl sites for hydroxylation is 1. The molecule has 2 fully saturated rings. The number of rotatable bonds is 4. The summed E-state index contributed by atoms with van der Waals surface area (Å²) < 4.78 is 2.53. The minimum atomic E-state index is 0.705. The van der Waals surface area contributed by atoms with E-state index >= 15 is 0 Å². The number of nitrogens with zero attached hydrogens (tertiary/aromatic N) is 3. The highest BCUT2D eigenvalue weighted by molar-refractivity contribution is 5.10. The molecular formula is C14H23N3. The molecule has 2 aliphatic carbocycles. The fourth-order valence-corrected chi connectivity index (χ4v) is 3.09. The summed E-state index contributed by atoms with van der Waals surface area (Å²) in [6, 6.07) is 0.705. The quantitative estimate of drug-likeness (QED) is 0.795. The van der Waals surface area contributed by atoms with Crippen molar-refractivity contribution in [2.45, 2.75) is 76.7 Å². The van der Waals surface area contributed by atoms with E-state index in [1.807, 2.05) is 0 Å². The van der Waals surface area contributed by atoms with Crippen LogP contribution in [0.4, 0.5) is 0 Å². The van der Waals surface area contributed by atoms with Crippen LogP contribution in [0.1, 0.15) is 81.9 Å². The van der Waals surface area contributed by atoms with Gasteiger partial charge in [0.1, 0.15) is 11.6 Å². The molecule has 3 nitrogen and oxygen atoms in total. The van der Waals surface area contributed by atoms with Gasteiger partial charge in [0.05, 0.1) is 0 Å². The van der Waals surface area contributed by atoms with Crippen LogP contribution in [-0.4, -0.2) is 14.8 Å². The molecule has 0 saturated heterocycles. The third-order valence-electron chi connectivity index (χ3n) is 4.15. The Morgan fingerprint density at radius 1 is 1.06 bits per heavy atom. The van der Waals surface area contributed by atoms with E-state index in [0.29, 0.717) is 6.04 Å². The van der Waals surface area contributed by atoms with Gasteiger partial charge >= 0.3 is 0 Å². The van der Waals surface area contributed by atoms with Crippen molar-refractivity contribution >= 4 is 0 Å². The summed E-state index contributed by atoms with van der Waals surface area (Å²) in [6.07, 6.45) is 11.8. The second-order valence-corrected chi connectivity index (χ2v) is 5.66. The van der Waals surface area contributed by atoms with Gasteiger partial charge in [-0.1, -0.05) is 26.2 Å². The Balaban J connectivity index is 1.89. The zero-order chi connectivity index (χ0) is 11.7. The molecule has 17 heavy (non-hydrogen) atoms. The summed E-state index contributed by atoms with van der Waals surface area (Å²) in [5.74, 6) is 3.29. The van der Waals surface area contributed by atoms with Crippen LogP contribution < -0.4 is 0 Å². The smallest absolute Gasteiger partial charge is 0.136 e. The second-order valence-electron chi connectivity index (χ2n) is 5.66. The molecule has 0 bridgehead atoms. The van der Waals surface area contributed by atoms with Crippen LogP contribution in [0.5, 0.6) is 0 Å². The summed E-state index contributed by atoms with van der Waals surface area (Å²) >= 11 is 0. The topological polar surface area (TPSA) is 30.7 Å². The molecular weight excluding hydrogens is 210 g/mol. The van der Waals surface area contributed by atoms with Gasteiger partial charge in [-0.25, -0.2) is 0 Å². The molecule has 0 spiro atoms. The highest BCUT2D eigenvalue weighted by Gasteiger charge is 2.32. The average molecular weight is 233 g/mol. The van der Waals surface area contributed by atoms with Crippen LogP contribution in [-0.2, 0) is 6.42 Å². The lowest BCUT2D eigenvalue weighted by Gasteiger charge is -2.25. The van der Waals surface area contributed by atoms with E-state index in [1.54, 1.807) is 0 Å². The minimum Gasteiger partial charge on any atom is -0.312 e. The first-order valence-electron chi connectivity index (χ1n) is 7.33. The molecule has 0 radical (unpaired) electrons. The third kappa shape index (κ3) is 2.24. The van der Waals surface area contributed by atoms with Gasteiger partial charge in [-0.2, -0.15) is 0 Å². The van der Waals surface area contributed by atoms with Gasteiger partial charge in [0.2, 0.25) is 0 Å². The van der Waals surface area contributed by atoms with Crippen molar-refractivity contribution in [3.05, 3.63) is 11.6 Å².